The zero-order valence-electron chi connectivity index (χ0n) is 13.6. The van der Waals surface area contributed by atoms with Gasteiger partial charge in [-0.25, -0.2) is 15.0 Å². The van der Waals surface area contributed by atoms with Gasteiger partial charge in [0.1, 0.15) is 36.1 Å². The molecule has 0 aliphatic carbocycles. The van der Waals surface area contributed by atoms with Gasteiger partial charge in [0.15, 0.2) is 5.69 Å². The van der Waals surface area contributed by atoms with Crippen LogP contribution in [0.15, 0.2) is 31.1 Å². The molecule has 3 heterocycles. The van der Waals surface area contributed by atoms with Crippen molar-refractivity contribution in [1.29, 1.82) is 5.26 Å². The predicted molar refractivity (Wildman–Crippen MR) is 92.1 cm³/mol. The molecule has 9 nitrogen and oxygen atoms in total. The van der Waals surface area contributed by atoms with E-state index in [0.717, 1.165) is 37.9 Å². The van der Waals surface area contributed by atoms with Gasteiger partial charge in [0.25, 0.3) is 5.91 Å². The lowest BCUT2D eigenvalue weighted by Crippen LogP contribution is -2.30. The van der Waals surface area contributed by atoms with Crippen molar-refractivity contribution in [3.05, 3.63) is 36.8 Å². The van der Waals surface area contributed by atoms with E-state index in [1.807, 2.05) is 6.07 Å². The Kier molecular flexibility index (Phi) is 4.89. The number of imidazole rings is 1. The lowest BCUT2D eigenvalue weighted by Gasteiger charge is -2.27. The van der Waals surface area contributed by atoms with Crippen molar-refractivity contribution in [3.63, 3.8) is 0 Å². The van der Waals surface area contributed by atoms with E-state index in [4.69, 9.17) is 11.0 Å². The van der Waals surface area contributed by atoms with Gasteiger partial charge in [0, 0.05) is 31.6 Å². The van der Waals surface area contributed by atoms with E-state index < -0.39 is 5.91 Å². The molecule has 1 aliphatic rings. The Morgan fingerprint density at radius 3 is 2.76 bits per heavy atom. The van der Waals surface area contributed by atoms with Gasteiger partial charge < -0.3 is 16.0 Å². The summed E-state index contributed by atoms with van der Waals surface area (Å²) < 4.78 is 1.39. The average molecular weight is 338 g/mol. The lowest BCUT2D eigenvalue weighted by atomic mass is 10.1. The molecule has 1 saturated heterocycles. The molecule has 0 radical (unpaired) electrons. The number of aromatic nitrogens is 4. The van der Waals surface area contributed by atoms with E-state index in [0.29, 0.717) is 5.82 Å². The van der Waals surface area contributed by atoms with Crippen molar-refractivity contribution in [2.24, 2.45) is 5.73 Å². The zero-order chi connectivity index (χ0) is 17.6. The van der Waals surface area contributed by atoms with Gasteiger partial charge in [-0.05, 0) is 19.3 Å². The number of anilines is 2. The Bertz CT molecular complexity index is 829. The first-order valence-electron chi connectivity index (χ1n) is 7.96. The number of nitrogens with zero attached hydrogens (tertiary/aromatic N) is 6. The van der Waals surface area contributed by atoms with Gasteiger partial charge in [-0.1, -0.05) is 0 Å². The second-order valence-electron chi connectivity index (χ2n) is 5.59. The fourth-order valence-corrected chi connectivity index (χ4v) is 2.68. The standard InChI is InChI=1S/C16H18N8O/c17-7-12-9-24(11-21-12)13(8-18)16(25)22-14-6-15(20-10-19-14)23-4-2-1-3-5-23/h6,8-11H,1-5,18H2,(H,19,20,22,25)/b13-8+. The number of carbonyl (C=O) groups is 1. The first kappa shape index (κ1) is 16.4. The second kappa shape index (κ2) is 7.44. The Balaban J connectivity index is 1.74. The van der Waals surface area contributed by atoms with E-state index in [1.165, 1.54) is 29.8 Å². The molecule has 0 atom stereocenters. The van der Waals surface area contributed by atoms with Gasteiger partial charge in [0.2, 0.25) is 0 Å². The van der Waals surface area contributed by atoms with Crippen LogP contribution in [-0.4, -0.2) is 38.5 Å². The summed E-state index contributed by atoms with van der Waals surface area (Å²) in [4.78, 5) is 26.9. The predicted octanol–water partition coefficient (Wildman–Crippen LogP) is 0.931. The summed E-state index contributed by atoms with van der Waals surface area (Å²) in [6, 6.07) is 3.64. The maximum absolute atomic E-state index is 12.5. The number of nitrogens with two attached hydrogens (primary N) is 1. The minimum atomic E-state index is -0.451. The maximum atomic E-state index is 12.5. The molecule has 0 aromatic carbocycles. The normalized spacial score (nSPS) is 14.8. The number of hydrogen-bond acceptors (Lipinski definition) is 7. The van der Waals surface area contributed by atoms with E-state index in [9.17, 15) is 4.79 Å². The molecule has 1 amide bonds. The molecule has 0 spiro atoms. The Hall–Kier alpha value is -3.41. The highest BCUT2D eigenvalue weighted by Crippen LogP contribution is 2.19. The molecule has 3 rings (SSSR count). The van der Waals surface area contributed by atoms with Crippen LogP contribution in [-0.2, 0) is 4.79 Å². The monoisotopic (exact) mass is 338 g/mol. The number of amides is 1. The number of hydrogen-bond donors (Lipinski definition) is 2. The topological polar surface area (TPSA) is 126 Å². The molecule has 0 unspecified atom stereocenters. The first-order valence-corrected chi connectivity index (χ1v) is 7.96. The summed E-state index contributed by atoms with van der Waals surface area (Å²) in [7, 11) is 0. The van der Waals surface area contributed by atoms with E-state index >= 15 is 0 Å². The van der Waals surface area contributed by atoms with E-state index in [-0.39, 0.29) is 11.4 Å². The molecular weight excluding hydrogens is 320 g/mol. The summed E-state index contributed by atoms with van der Waals surface area (Å²) in [5, 5.41) is 11.5. The van der Waals surface area contributed by atoms with Gasteiger partial charge in [-0.2, -0.15) is 5.26 Å². The molecule has 128 valence electrons. The molecule has 2 aromatic rings. The third-order valence-corrected chi connectivity index (χ3v) is 3.94. The van der Waals surface area contributed by atoms with Crippen molar-refractivity contribution in [2.75, 3.05) is 23.3 Å². The van der Waals surface area contributed by atoms with Crippen LogP contribution in [0.3, 0.4) is 0 Å². The van der Waals surface area contributed by atoms with Gasteiger partial charge >= 0.3 is 0 Å². The highest BCUT2D eigenvalue weighted by Gasteiger charge is 2.16. The first-order chi connectivity index (χ1) is 12.2. The Morgan fingerprint density at radius 1 is 1.28 bits per heavy atom. The van der Waals surface area contributed by atoms with Crippen LogP contribution < -0.4 is 16.0 Å². The van der Waals surface area contributed by atoms with Crippen LogP contribution in [0.25, 0.3) is 5.70 Å². The molecule has 1 aliphatic heterocycles. The number of nitrogens with one attached hydrogen (secondary N) is 1. The second-order valence-corrected chi connectivity index (χ2v) is 5.59. The number of piperidine rings is 1. The Morgan fingerprint density at radius 2 is 2.08 bits per heavy atom. The van der Waals surface area contributed by atoms with Crippen LogP contribution in [0.1, 0.15) is 25.0 Å². The minimum Gasteiger partial charge on any atom is -0.403 e. The van der Waals surface area contributed by atoms with Gasteiger partial charge in [0.05, 0.1) is 0 Å². The summed E-state index contributed by atoms with van der Waals surface area (Å²) in [5.74, 6) is 0.728. The molecule has 9 heteroatoms. The summed E-state index contributed by atoms with van der Waals surface area (Å²) in [6.07, 6.45) is 8.86. The molecule has 0 bridgehead atoms. The van der Waals surface area contributed by atoms with Gasteiger partial charge in [-0.3, -0.25) is 9.36 Å². The van der Waals surface area contributed by atoms with Crippen molar-refractivity contribution >= 4 is 23.2 Å². The van der Waals surface area contributed by atoms with Crippen LogP contribution in [0, 0.1) is 11.3 Å². The minimum absolute atomic E-state index is 0.145. The molecule has 0 saturated carbocycles. The van der Waals surface area contributed by atoms with Crippen molar-refractivity contribution < 1.29 is 4.79 Å². The fourth-order valence-electron chi connectivity index (χ4n) is 2.68. The maximum Gasteiger partial charge on any atom is 0.275 e. The number of carbonyl (C=O) groups excluding carboxylic acids is 1. The van der Waals surface area contributed by atoms with Crippen LogP contribution in [0.2, 0.25) is 0 Å². The van der Waals surface area contributed by atoms with Crippen LogP contribution in [0.4, 0.5) is 11.6 Å². The molecule has 1 fully saturated rings. The molecular formula is C16H18N8O. The van der Waals surface area contributed by atoms with Crippen molar-refractivity contribution in [3.8, 4) is 6.07 Å². The Labute approximate surface area is 144 Å². The number of rotatable bonds is 4. The van der Waals surface area contributed by atoms with E-state index in [2.05, 4.69) is 25.2 Å². The molecule has 2 aromatic heterocycles. The van der Waals surface area contributed by atoms with Crippen molar-refractivity contribution in [2.45, 2.75) is 19.3 Å². The summed E-state index contributed by atoms with van der Waals surface area (Å²) >= 11 is 0. The summed E-state index contributed by atoms with van der Waals surface area (Å²) in [6.45, 7) is 1.90. The van der Waals surface area contributed by atoms with Crippen LogP contribution in [0.5, 0.6) is 0 Å². The highest BCUT2D eigenvalue weighted by molar-refractivity contribution is 6.20. The molecule has 3 N–H and O–H groups in total. The number of nitriles is 1. The highest BCUT2D eigenvalue weighted by atomic mass is 16.2. The summed E-state index contributed by atoms with van der Waals surface area (Å²) in [5.41, 5.74) is 5.90. The third kappa shape index (κ3) is 3.74. The van der Waals surface area contributed by atoms with Crippen LogP contribution >= 0.6 is 0 Å². The lowest BCUT2D eigenvalue weighted by molar-refractivity contribution is -0.111. The average Bonchev–Trinajstić information content (AvgIpc) is 3.12. The largest absolute Gasteiger partial charge is 0.403 e. The molecule has 25 heavy (non-hydrogen) atoms. The zero-order valence-corrected chi connectivity index (χ0v) is 13.6. The third-order valence-electron chi connectivity index (χ3n) is 3.94. The van der Waals surface area contributed by atoms with E-state index in [1.54, 1.807) is 6.07 Å². The van der Waals surface area contributed by atoms with Gasteiger partial charge in [-0.15, -0.1) is 0 Å². The van der Waals surface area contributed by atoms with Crippen molar-refractivity contribution in [1.82, 2.24) is 19.5 Å². The smallest absolute Gasteiger partial charge is 0.275 e. The fraction of sp³-hybridized carbons (Fsp3) is 0.312. The quantitative estimate of drug-likeness (QED) is 0.794. The SMILES string of the molecule is N#Cc1cn(/C(=C/N)C(=O)Nc2cc(N3CCCCC3)ncn2)cn1.